The maximum atomic E-state index is 15.1. The third-order valence-electron chi connectivity index (χ3n) is 10.1. The number of benzene rings is 2. The van der Waals surface area contributed by atoms with Gasteiger partial charge in [0.25, 0.3) is 0 Å². The van der Waals surface area contributed by atoms with E-state index in [4.69, 9.17) is 0 Å². The number of ketones is 2. The summed E-state index contributed by atoms with van der Waals surface area (Å²) in [7, 11) is 4.10. The third kappa shape index (κ3) is 2.48. The van der Waals surface area contributed by atoms with Gasteiger partial charge in [0, 0.05) is 60.8 Å². The lowest BCUT2D eigenvalue weighted by Gasteiger charge is -2.46. The third-order valence-corrected chi connectivity index (χ3v) is 11.2. The molecular formula is C33H30N2O2S. The summed E-state index contributed by atoms with van der Waals surface area (Å²) < 4.78 is 0. The molecule has 2 aromatic carbocycles. The highest BCUT2D eigenvalue weighted by Crippen LogP contribution is 2.71. The monoisotopic (exact) mass is 518 g/mol. The van der Waals surface area contributed by atoms with E-state index in [2.05, 4.69) is 70.5 Å². The molecule has 2 aliphatic heterocycles. The van der Waals surface area contributed by atoms with Crippen molar-refractivity contribution in [2.75, 3.05) is 30.6 Å². The van der Waals surface area contributed by atoms with E-state index in [1.54, 1.807) is 0 Å². The Morgan fingerprint density at radius 3 is 2.61 bits per heavy atom. The number of carbonyl (C=O) groups excluding carboxylic acids is 2. The van der Waals surface area contributed by atoms with Gasteiger partial charge in [0.2, 0.25) is 0 Å². The predicted molar refractivity (Wildman–Crippen MR) is 153 cm³/mol. The highest BCUT2D eigenvalue weighted by atomic mass is 32.2. The van der Waals surface area contributed by atoms with Crippen molar-refractivity contribution >= 4 is 29.0 Å². The van der Waals surface area contributed by atoms with Gasteiger partial charge in [-0.25, -0.2) is 0 Å². The minimum Gasteiger partial charge on any atom is -0.378 e. The summed E-state index contributed by atoms with van der Waals surface area (Å²) in [5.74, 6) is 1.81. The van der Waals surface area contributed by atoms with Gasteiger partial charge >= 0.3 is 0 Å². The molecule has 4 nitrogen and oxygen atoms in total. The molecule has 2 heterocycles. The molecular weight excluding hydrogens is 488 g/mol. The van der Waals surface area contributed by atoms with Crippen molar-refractivity contribution in [1.82, 2.24) is 4.90 Å². The van der Waals surface area contributed by atoms with Crippen molar-refractivity contribution in [3.63, 3.8) is 0 Å². The van der Waals surface area contributed by atoms with E-state index in [0.29, 0.717) is 6.42 Å². The quantitative estimate of drug-likeness (QED) is 0.547. The second kappa shape index (κ2) is 7.71. The fourth-order valence-electron chi connectivity index (χ4n) is 8.80. The minimum absolute atomic E-state index is 0.0204. The van der Waals surface area contributed by atoms with Gasteiger partial charge < -0.3 is 4.90 Å². The topological polar surface area (TPSA) is 40.6 Å². The molecule has 0 radical (unpaired) electrons. The number of anilines is 1. The summed E-state index contributed by atoms with van der Waals surface area (Å²) in [5, 5.41) is 0. The molecule has 0 bridgehead atoms. The van der Waals surface area contributed by atoms with E-state index in [9.17, 15) is 0 Å². The van der Waals surface area contributed by atoms with Crippen molar-refractivity contribution in [2.45, 2.75) is 23.9 Å². The van der Waals surface area contributed by atoms with Crippen molar-refractivity contribution in [3.05, 3.63) is 113 Å². The van der Waals surface area contributed by atoms with E-state index >= 15 is 9.59 Å². The van der Waals surface area contributed by atoms with E-state index in [-0.39, 0.29) is 35.4 Å². The molecule has 0 N–H and O–H groups in total. The Kier molecular flexibility index (Phi) is 4.62. The van der Waals surface area contributed by atoms with Crippen LogP contribution in [0.25, 0.3) is 0 Å². The molecule has 2 aromatic rings. The average Bonchev–Trinajstić information content (AvgIpc) is 3.65. The van der Waals surface area contributed by atoms with Crippen molar-refractivity contribution < 1.29 is 9.59 Å². The first-order valence-corrected chi connectivity index (χ1v) is 14.7. The van der Waals surface area contributed by atoms with E-state index < -0.39 is 11.0 Å². The summed E-state index contributed by atoms with van der Waals surface area (Å²) in [6.45, 7) is 0. The number of carbonyl (C=O) groups is 2. The smallest absolute Gasteiger partial charge is 0.172 e. The lowest BCUT2D eigenvalue weighted by atomic mass is 9.57. The van der Waals surface area contributed by atoms with Crippen LogP contribution in [0.3, 0.4) is 0 Å². The van der Waals surface area contributed by atoms with Crippen molar-refractivity contribution in [2.24, 2.45) is 17.3 Å². The molecule has 3 fully saturated rings. The molecule has 2 spiro atoms. The van der Waals surface area contributed by atoms with E-state index in [1.165, 1.54) is 11.1 Å². The standard InChI is InChI=1S/C33H30N2O2S/c1-34(2)23-15-13-21(14-16-23)29-27-18-38-19-35(27)33(32(29)17-22-7-3-4-10-24(22)30(32)36)26-12-6-9-20-8-5-11-25(28(20)26)31(33)37/h3-16,25,27-29H,17-19H2,1-2H3. The zero-order chi connectivity index (χ0) is 25.8. The largest absolute Gasteiger partial charge is 0.378 e. The van der Waals surface area contributed by atoms with Crippen LogP contribution in [0.2, 0.25) is 0 Å². The lowest BCUT2D eigenvalue weighted by molar-refractivity contribution is -0.131. The normalized spacial score (nSPS) is 36.1. The highest BCUT2D eigenvalue weighted by Gasteiger charge is 2.80. The van der Waals surface area contributed by atoms with Crippen molar-refractivity contribution in [3.8, 4) is 0 Å². The van der Waals surface area contributed by atoms with Gasteiger partial charge in [0.05, 0.1) is 5.41 Å². The van der Waals surface area contributed by atoms with E-state index in [1.807, 2.05) is 50.1 Å². The molecule has 38 heavy (non-hydrogen) atoms. The van der Waals surface area contributed by atoms with Crippen LogP contribution in [0, 0.1) is 17.3 Å². The van der Waals surface area contributed by atoms with Gasteiger partial charge in [0.1, 0.15) is 5.54 Å². The van der Waals surface area contributed by atoms with Crippen LogP contribution in [-0.4, -0.2) is 53.8 Å². The maximum absolute atomic E-state index is 15.1. The molecule has 8 rings (SSSR count). The molecule has 0 aromatic heterocycles. The predicted octanol–water partition coefficient (Wildman–Crippen LogP) is 5.20. The number of allylic oxidation sites excluding steroid dienone is 7. The Morgan fingerprint density at radius 2 is 1.82 bits per heavy atom. The van der Waals surface area contributed by atoms with Crippen LogP contribution in [0.15, 0.2) is 96.1 Å². The Morgan fingerprint density at radius 1 is 1.00 bits per heavy atom. The Hall–Kier alpha value is -3.15. The first kappa shape index (κ1) is 22.8. The Labute approximate surface area is 227 Å². The number of Topliss-reactive ketones (excluding diaryl/α,β-unsaturated/α-hetero) is 2. The van der Waals surface area contributed by atoms with Crippen LogP contribution in [0.5, 0.6) is 0 Å². The summed E-state index contributed by atoms with van der Waals surface area (Å²) in [6.07, 6.45) is 13.3. The van der Waals surface area contributed by atoms with Crippen molar-refractivity contribution in [1.29, 1.82) is 0 Å². The molecule has 6 aliphatic rings. The molecule has 4 aliphatic carbocycles. The van der Waals surface area contributed by atoms with Crippen LogP contribution >= 0.6 is 11.8 Å². The first-order chi connectivity index (χ1) is 18.5. The number of fused-ring (bicyclic) bond motifs is 5. The molecule has 0 amide bonds. The highest BCUT2D eigenvalue weighted by molar-refractivity contribution is 7.99. The average molecular weight is 519 g/mol. The summed E-state index contributed by atoms with van der Waals surface area (Å²) in [4.78, 5) is 34.7. The number of hydrogen-bond donors (Lipinski definition) is 0. The number of hydrogen-bond acceptors (Lipinski definition) is 5. The van der Waals surface area contributed by atoms with Crippen LogP contribution in [0.1, 0.15) is 27.4 Å². The molecule has 2 saturated heterocycles. The second-order valence-electron chi connectivity index (χ2n) is 11.7. The molecule has 6 atom stereocenters. The lowest BCUT2D eigenvalue weighted by Crippen LogP contribution is -2.61. The first-order valence-electron chi connectivity index (χ1n) is 13.6. The Bertz CT molecular complexity index is 1530. The Balaban J connectivity index is 1.44. The van der Waals surface area contributed by atoms with Gasteiger partial charge in [-0.3, -0.25) is 14.5 Å². The number of rotatable bonds is 2. The molecule has 6 unspecified atom stereocenters. The van der Waals surface area contributed by atoms with Gasteiger partial charge in [0.15, 0.2) is 11.6 Å². The zero-order valence-electron chi connectivity index (χ0n) is 21.6. The number of thioether (sulfide) groups is 1. The van der Waals surface area contributed by atoms with Gasteiger partial charge in [-0.2, -0.15) is 0 Å². The summed E-state index contributed by atoms with van der Waals surface area (Å²) in [6, 6.07) is 17.0. The zero-order valence-corrected chi connectivity index (χ0v) is 22.4. The molecule has 5 heteroatoms. The fraction of sp³-hybridized carbons (Fsp3) is 0.333. The van der Waals surface area contributed by atoms with Gasteiger partial charge in [-0.1, -0.05) is 72.9 Å². The maximum Gasteiger partial charge on any atom is 0.172 e. The molecule has 190 valence electrons. The summed E-state index contributed by atoms with van der Waals surface area (Å²) >= 11 is 1.90. The van der Waals surface area contributed by atoms with Crippen LogP contribution in [-0.2, 0) is 11.2 Å². The van der Waals surface area contributed by atoms with Crippen LogP contribution in [0.4, 0.5) is 5.69 Å². The molecule has 1 saturated carbocycles. The van der Waals surface area contributed by atoms with E-state index in [0.717, 1.165) is 34.0 Å². The van der Waals surface area contributed by atoms with Gasteiger partial charge in [-0.05, 0) is 40.8 Å². The fourth-order valence-corrected chi connectivity index (χ4v) is 10.1. The summed E-state index contributed by atoms with van der Waals surface area (Å²) in [5.41, 5.74) is 4.72. The van der Waals surface area contributed by atoms with Gasteiger partial charge in [-0.15, -0.1) is 11.8 Å². The van der Waals surface area contributed by atoms with Crippen LogP contribution < -0.4 is 4.90 Å². The SMILES string of the molecule is CN(C)c1ccc(C2C3CSCN3C3(C(=O)C4C=CC=C5C=CC=C3C54)C23Cc2ccccc2C3=O)cc1. The minimum atomic E-state index is -0.948. The second-order valence-corrected chi connectivity index (χ2v) is 12.7. The number of nitrogens with zero attached hydrogens (tertiary/aromatic N) is 2.